The molecule has 174 valence electrons. The van der Waals surface area contributed by atoms with Crippen LogP contribution in [0, 0.1) is 11.3 Å². The molecule has 0 aliphatic heterocycles. The van der Waals surface area contributed by atoms with Gasteiger partial charge in [0.1, 0.15) is 12.2 Å². The number of allylic oxidation sites excluding steroid dienone is 7. The van der Waals surface area contributed by atoms with Crippen molar-refractivity contribution in [3.63, 3.8) is 0 Å². The highest BCUT2D eigenvalue weighted by Crippen LogP contribution is 2.42. The number of hydrogen-bond donors (Lipinski definition) is 2. The fourth-order valence-corrected chi connectivity index (χ4v) is 4.07. The molecule has 0 bridgehead atoms. The minimum atomic E-state index is -1.07. The third-order valence-corrected chi connectivity index (χ3v) is 6.13. The fourth-order valence-electron chi connectivity index (χ4n) is 4.07. The lowest BCUT2D eigenvalue weighted by molar-refractivity contribution is -0.140. The molecule has 1 aliphatic rings. The van der Waals surface area contributed by atoms with Crippen LogP contribution in [0.4, 0.5) is 0 Å². The molecule has 0 aromatic rings. The van der Waals surface area contributed by atoms with Crippen molar-refractivity contribution >= 4 is 11.8 Å². The van der Waals surface area contributed by atoms with Gasteiger partial charge in [-0.2, -0.15) is 0 Å². The molecule has 1 fully saturated rings. The van der Waals surface area contributed by atoms with Gasteiger partial charge in [-0.15, -0.1) is 0 Å². The van der Waals surface area contributed by atoms with E-state index in [0.717, 1.165) is 51.4 Å². The van der Waals surface area contributed by atoms with E-state index in [4.69, 9.17) is 5.11 Å². The summed E-state index contributed by atoms with van der Waals surface area (Å²) in [5.41, 5.74) is 2.46. The molecule has 0 saturated heterocycles. The molecular weight excluding hydrogens is 388 g/mol. The molecule has 4 nitrogen and oxygen atoms in total. The average molecular weight is 431 g/mol. The van der Waals surface area contributed by atoms with Crippen molar-refractivity contribution in [1.29, 1.82) is 0 Å². The molecule has 0 spiro atoms. The van der Waals surface area contributed by atoms with Gasteiger partial charge in [-0.25, -0.2) is 0 Å². The van der Waals surface area contributed by atoms with Crippen molar-refractivity contribution in [2.75, 3.05) is 0 Å². The number of hydrogen-bond acceptors (Lipinski definition) is 3. The zero-order chi connectivity index (χ0) is 23.3. The monoisotopic (exact) mass is 430 g/mol. The van der Waals surface area contributed by atoms with Gasteiger partial charge < -0.3 is 10.2 Å². The van der Waals surface area contributed by atoms with Crippen LogP contribution in [0.1, 0.15) is 91.9 Å². The Bertz CT molecular complexity index is 694. The van der Waals surface area contributed by atoms with Crippen LogP contribution in [0.3, 0.4) is 0 Å². The summed E-state index contributed by atoms with van der Waals surface area (Å²) in [6, 6.07) is 0. The molecule has 0 aromatic carbocycles. The predicted molar refractivity (Wildman–Crippen MR) is 128 cm³/mol. The second-order valence-electron chi connectivity index (χ2n) is 9.52. The number of aliphatic carboxylic acids is 1. The highest BCUT2D eigenvalue weighted by atomic mass is 16.4. The molecule has 0 radical (unpaired) electrons. The van der Waals surface area contributed by atoms with Crippen molar-refractivity contribution in [1.82, 2.24) is 0 Å². The smallest absolute Gasteiger partial charge is 0.310 e. The summed E-state index contributed by atoms with van der Waals surface area (Å²) in [4.78, 5) is 22.4. The predicted octanol–water partition coefficient (Wildman–Crippen LogP) is 6.56. The van der Waals surface area contributed by atoms with Gasteiger partial charge in [-0.05, 0) is 64.7 Å². The zero-order valence-corrected chi connectivity index (χ0v) is 19.9. The van der Waals surface area contributed by atoms with Crippen molar-refractivity contribution in [3.8, 4) is 0 Å². The lowest BCUT2D eigenvalue weighted by Gasteiger charge is -2.34. The van der Waals surface area contributed by atoms with Crippen molar-refractivity contribution in [3.05, 3.63) is 47.6 Å². The minimum Gasteiger partial charge on any atom is -0.481 e. The number of rotatable bonds is 13. The van der Waals surface area contributed by atoms with Gasteiger partial charge in [-0.1, -0.05) is 67.9 Å². The quantitative estimate of drug-likeness (QED) is 0.197. The number of aliphatic hydroxyl groups excluding tert-OH is 1. The van der Waals surface area contributed by atoms with Crippen LogP contribution in [-0.4, -0.2) is 28.1 Å². The molecule has 0 unspecified atom stereocenters. The first-order valence-electron chi connectivity index (χ1n) is 11.7. The van der Waals surface area contributed by atoms with E-state index < -0.39 is 18.5 Å². The molecule has 1 rings (SSSR count). The van der Waals surface area contributed by atoms with E-state index in [1.807, 2.05) is 24.3 Å². The van der Waals surface area contributed by atoms with Gasteiger partial charge in [0, 0.05) is 11.8 Å². The Morgan fingerprint density at radius 2 is 1.87 bits per heavy atom. The van der Waals surface area contributed by atoms with Crippen LogP contribution in [0.2, 0.25) is 0 Å². The second kappa shape index (κ2) is 14.2. The Labute approximate surface area is 188 Å². The highest BCUT2D eigenvalue weighted by molar-refractivity contribution is 5.95. The summed E-state index contributed by atoms with van der Waals surface area (Å²) in [5.74, 6) is -0.720. The first-order chi connectivity index (χ1) is 14.6. The Balaban J connectivity index is 2.54. The van der Waals surface area contributed by atoms with E-state index in [2.05, 4.69) is 39.8 Å². The maximum atomic E-state index is 11.8. The van der Waals surface area contributed by atoms with Crippen LogP contribution < -0.4 is 0 Å². The number of carboxylic acid groups (broad SMARTS) is 1. The van der Waals surface area contributed by atoms with E-state index >= 15 is 0 Å². The zero-order valence-electron chi connectivity index (χ0n) is 19.9. The summed E-state index contributed by atoms with van der Waals surface area (Å²) in [6.07, 6.45) is 19.7. The minimum absolute atomic E-state index is 0.115. The first-order valence-corrected chi connectivity index (χ1v) is 11.7. The van der Waals surface area contributed by atoms with Gasteiger partial charge in [0.2, 0.25) is 0 Å². The largest absolute Gasteiger partial charge is 0.481 e. The van der Waals surface area contributed by atoms with Gasteiger partial charge >= 0.3 is 5.97 Å². The van der Waals surface area contributed by atoms with Crippen LogP contribution in [-0.2, 0) is 9.59 Å². The Hall–Kier alpha value is -1.94. The molecule has 4 heteroatoms. The molecule has 0 aromatic heterocycles. The van der Waals surface area contributed by atoms with E-state index in [1.165, 1.54) is 11.1 Å². The molecule has 31 heavy (non-hydrogen) atoms. The average Bonchev–Trinajstić information content (AvgIpc) is 2.68. The normalized spacial score (nSPS) is 22.7. The number of carbonyl (C=O) groups excluding carboxylic acids is 1. The van der Waals surface area contributed by atoms with Crippen molar-refractivity contribution in [2.45, 2.75) is 98.0 Å². The maximum absolute atomic E-state index is 11.8. The second-order valence-corrected chi connectivity index (χ2v) is 9.52. The van der Waals surface area contributed by atoms with Gasteiger partial charge in [0.15, 0.2) is 0 Å². The van der Waals surface area contributed by atoms with E-state index in [-0.39, 0.29) is 17.6 Å². The first kappa shape index (κ1) is 27.1. The molecule has 1 saturated carbocycles. The molecular formula is C27H42O4. The Morgan fingerprint density at radius 1 is 1.13 bits per heavy atom. The highest BCUT2D eigenvalue weighted by Gasteiger charge is 2.28. The summed E-state index contributed by atoms with van der Waals surface area (Å²) in [6.45, 7) is 8.67. The fraction of sp³-hybridized carbons (Fsp3) is 0.630. The molecule has 1 aliphatic carbocycles. The van der Waals surface area contributed by atoms with Gasteiger partial charge in [0.05, 0.1) is 6.10 Å². The molecule has 2 N–H and O–H groups in total. The number of Topliss-reactive ketones (excluding diaryl/α,β-unsaturated/α-hetero) is 1. The van der Waals surface area contributed by atoms with Crippen molar-refractivity contribution in [2.24, 2.45) is 11.3 Å². The summed E-state index contributed by atoms with van der Waals surface area (Å²) in [5, 5.41) is 19.0. The van der Waals surface area contributed by atoms with Crippen molar-refractivity contribution < 1.29 is 19.8 Å². The van der Waals surface area contributed by atoms with Gasteiger partial charge in [-0.3, -0.25) is 9.59 Å². The SMILES string of the molecule is CC(C)=CCC[C@H](C)CC[C@H](O)/C=C/C=C/[C@]1(C)CCCCC1=CCC(=O)CC(=O)O. The number of carbonyl (C=O) groups is 2. The summed E-state index contributed by atoms with van der Waals surface area (Å²) in [7, 11) is 0. The Morgan fingerprint density at radius 3 is 2.55 bits per heavy atom. The third kappa shape index (κ3) is 11.9. The van der Waals surface area contributed by atoms with E-state index in [1.54, 1.807) is 0 Å². The number of carboxylic acids is 1. The Kier molecular flexibility index (Phi) is 12.4. The summed E-state index contributed by atoms with van der Waals surface area (Å²) >= 11 is 0. The molecule has 0 amide bonds. The van der Waals surface area contributed by atoms with Crippen LogP contribution in [0.15, 0.2) is 47.6 Å². The molecule has 3 atom stereocenters. The molecule has 0 heterocycles. The standard InChI is InChI=1S/C27H42O4/c1-21(2)10-9-11-22(3)14-16-24(28)13-6-8-19-27(4)18-7-5-12-23(27)15-17-25(29)20-26(30)31/h6,8,10,13,15,19,22,24,28H,5,7,9,11-12,14,16-18,20H2,1-4H3,(H,30,31)/b13-6+,19-8+,23-15?/t22-,24+,27-/m0/s1. The van der Waals surface area contributed by atoms with E-state index in [9.17, 15) is 14.7 Å². The lowest BCUT2D eigenvalue weighted by Crippen LogP contribution is -2.21. The summed E-state index contributed by atoms with van der Waals surface area (Å²) < 4.78 is 0. The number of aliphatic hydroxyl groups is 1. The van der Waals surface area contributed by atoms with Crippen LogP contribution in [0.5, 0.6) is 0 Å². The third-order valence-electron chi connectivity index (χ3n) is 6.13. The van der Waals surface area contributed by atoms with Gasteiger partial charge in [0.25, 0.3) is 0 Å². The maximum Gasteiger partial charge on any atom is 0.310 e. The van der Waals surface area contributed by atoms with Crippen LogP contribution >= 0.6 is 0 Å². The number of ketones is 1. The van der Waals surface area contributed by atoms with E-state index in [0.29, 0.717) is 5.92 Å². The van der Waals surface area contributed by atoms with Crippen LogP contribution in [0.25, 0.3) is 0 Å². The lowest BCUT2D eigenvalue weighted by atomic mass is 9.71. The topological polar surface area (TPSA) is 74.6 Å².